The van der Waals surface area contributed by atoms with E-state index < -0.39 is 5.41 Å². The molecule has 0 radical (unpaired) electrons. The third-order valence-corrected chi connectivity index (χ3v) is 3.73. The zero-order chi connectivity index (χ0) is 17.5. The van der Waals surface area contributed by atoms with Crippen LogP contribution in [0.4, 0.5) is 5.69 Å². The van der Waals surface area contributed by atoms with Crippen LogP contribution in [0.1, 0.15) is 40.5 Å². The molecule has 0 aromatic heterocycles. The van der Waals surface area contributed by atoms with E-state index in [2.05, 4.69) is 5.32 Å². The van der Waals surface area contributed by atoms with Crippen LogP contribution in [0.5, 0.6) is 5.75 Å². The van der Waals surface area contributed by atoms with Crippen LogP contribution >= 0.6 is 0 Å². The van der Waals surface area contributed by atoms with E-state index in [-0.39, 0.29) is 11.8 Å². The lowest BCUT2D eigenvalue weighted by Gasteiger charge is -2.31. The highest BCUT2D eigenvalue weighted by molar-refractivity contribution is 6.10. The second kappa shape index (κ2) is 8.56. The fourth-order valence-corrected chi connectivity index (χ4v) is 2.37. The standard InChI is InChI=1S/C18H28N2O3/c1-6-12-20(13-7-2)17(22)18(3,4)16(21)19-14-10-8-9-11-15(14)23-5/h8-11H,6-7,12-13H2,1-5H3,(H,19,21). The fraction of sp³-hybridized carbons (Fsp3) is 0.556. The summed E-state index contributed by atoms with van der Waals surface area (Å²) in [7, 11) is 1.55. The summed E-state index contributed by atoms with van der Waals surface area (Å²) < 4.78 is 5.23. The maximum atomic E-state index is 12.8. The van der Waals surface area contributed by atoms with Gasteiger partial charge in [-0.25, -0.2) is 0 Å². The van der Waals surface area contributed by atoms with Crippen molar-refractivity contribution in [1.82, 2.24) is 4.90 Å². The normalized spacial score (nSPS) is 11.0. The van der Waals surface area contributed by atoms with Gasteiger partial charge in [0.1, 0.15) is 11.2 Å². The molecule has 2 amide bonds. The average molecular weight is 320 g/mol. The molecule has 0 heterocycles. The molecular weight excluding hydrogens is 292 g/mol. The molecule has 1 rings (SSSR count). The number of carbonyl (C=O) groups excluding carboxylic acids is 2. The second-order valence-electron chi connectivity index (χ2n) is 6.07. The minimum Gasteiger partial charge on any atom is -0.495 e. The van der Waals surface area contributed by atoms with E-state index in [4.69, 9.17) is 4.74 Å². The van der Waals surface area contributed by atoms with Gasteiger partial charge in [-0.1, -0.05) is 26.0 Å². The number of rotatable bonds is 8. The van der Waals surface area contributed by atoms with Crippen LogP contribution in [-0.4, -0.2) is 36.9 Å². The van der Waals surface area contributed by atoms with Gasteiger partial charge in [0, 0.05) is 13.1 Å². The molecule has 0 bridgehead atoms. The summed E-state index contributed by atoms with van der Waals surface area (Å²) in [6, 6.07) is 7.17. The highest BCUT2D eigenvalue weighted by Gasteiger charge is 2.39. The number of para-hydroxylation sites is 2. The Kier molecular flexibility index (Phi) is 7.07. The number of carbonyl (C=O) groups is 2. The number of ether oxygens (including phenoxy) is 1. The number of methoxy groups -OCH3 is 1. The van der Waals surface area contributed by atoms with Gasteiger partial charge in [-0.05, 0) is 38.8 Å². The number of hydrogen-bond donors (Lipinski definition) is 1. The van der Waals surface area contributed by atoms with Gasteiger partial charge in [0.2, 0.25) is 11.8 Å². The molecule has 5 nitrogen and oxygen atoms in total. The largest absolute Gasteiger partial charge is 0.495 e. The molecular formula is C18H28N2O3. The molecule has 0 aliphatic rings. The molecule has 0 spiro atoms. The van der Waals surface area contributed by atoms with E-state index in [9.17, 15) is 9.59 Å². The van der Waals surface area contributed by atoms with Gasteiger partial charge in [0.15, 0.2) is 0 Å². The summed E-state index contributed by atoms with van der Waals surface area (Å²) in [6.45, 7) is 8.71. The number of hydrogen-bond acceptors (Lipinski definition) is 3. The van der Waals surface area contributed by atoms with Gasteiger partial charge in [0.25, 0.3) is 0 Å². The lowest BCUT2D eigenvalue weighted by Crippen LogP contribution is -2.47. The Morgan fingerprint density at radius 2 is 1.70 bits per heavy atom. The monoisotopic (exact) mass is 320 g/mol. The molecule has 0 saturated heterocycles. The molecule has 0 unspecified atom stereocenters. The Balaban J connectivity index is 2.92. The van der Waals surface area contributed by atoms with E-state index in [0.717, 1.165) is 12.8 Å². The Bertz CT molecular complexity index is 535. The van der Waals surface area contributed by atoms with Crippen LogP contribution in [-0.2, 0) is 9.59 Å². The van der Waals surface area contributed by atoms with Gasteiger partial charge in [0.05, 0.1) is 12.8 Å². The van der Waals surface area contributed by atoms with Gasteiger partial charge in [-0.3, -0.25) is 9.59 Å². The van der Waals surface area contributed by atoms with Crippen molar-refractivity contribution in [2.75, 3.05) is 25.5 Å². The number of nitrogens with zero attached hydrogens (tertiary/aromatic N) is 1. The predicted molar refractivity (Wildman–Crippen MR) is 92.6 cm³/mol. The van der Waals surface area contributed by atoms with E-state index in [1.165, 1.54) is 0 Å². The van der Waals surface area contributed by atoms with E-state index in [1.807, 2.05) is 26.0 Å². The summed E-state index contributed by atoms with van der Waals surface area (Å²) in [5, 5.41) is 2.81. The van der Waals surface area contributed by atoms with Crippen molar-refractivity contribution in [3.63, 3.8) is 0 Å². The number of benzene rings is 1. The minimum absolute atomic E-state index is 0.145. The van der Waals surface area contributed by atoms with Gasteiger partial charge < -0.3 is 15.0 Å². The smallest absolute Gasteiger partial charge is 0.239 e. The minimum atomic E-state index is -1.13. The molecule has 1 N–H and O–H groups in total. The van der Waals surface area contributed by atoms with Crippen LogP contribution in [0, 0.1) is 5.41 Å². The first-order valence-corrected chi connectivity index (χ1v) is 8.12. The zero-order valence-electron chi connectivity index (χ0n) is 14.8. The quantitative estimate of drug-likeness (QED) is 0.748. The Morgan fingerprint density at radius 3 is 2.22 bits per heavy atom. The highest BCUT2D eigenvalue weighted by Crippen LogP contribution is 2.27. The third-order valence-electron chi connectivity index (χ3n) is 3.73. The van der Waals surface area contributed by atoms with E-state index >= 15 is 0 Å². The fourth-order valence-electron chi connectivity index (χ4n) is 2.37. The lowest BCUT2D eigenvalue weighted by atomic mass is 9.90. The first kappa shape index (κ1) is 19.0. The van der Waals surface area contributed by atoms with Crippen LogP contribution < -0.4 is 10.1 Å². The predicted octanol–water partition coefficient (Wildman–Crippen LogP) is 3.31. The molecule has 0 saturated carbocycles. The Morgan fingerprint density at radius 1 is 1.13 bits per heavy atom. The molecule has 0 atom stereocenters. The summed E-state index contributed by atoms with van der Waals surface area (Å²) in [5.41, 5.74) is -0.566. The van der Waals surface area contributed by atoms with Crippen molar-refractivity contribution < 1.29 is 14.3 Å². The second-order valence-corrected chi connectivity index (χ2v) is 6.07. The third kappa shape index (κ3) is 4.71. The highest BCUT2D eigenvalue weighted by atomic mass is 16.5. The van der Waals surface area contributed by atoms with Crippen LogP contribution in [0.25, 0.3) is 0 Å². The molecule has 128 valence electrons. The molecule has 0 aliphatic heterocycles. The van der Waals surface area contributed by atoms with Crippen molar-refractivity contribution in [2.45, 2.75) is 40.5 Å². The molecule has 1 aromatic carbocycles. The lowest BCUT2D eigenvalue weighted by molar-refractivity contribution is -0.146. The van der Waals surface area contributed by atoms with Crippen molar-refractivity contribution in [2.24, 2.45) is 5.41 Å². The summed E-state index contributed by atoms with van der Waals surface area (Å²) in [5.74, 6) is 0.0980. The molecule has 5 heteroatoms. The van der Waals surface area contributed by atoms with Gasteiger partial charge in [-0.2, -0.15) is 0 Å². The maximum absolute atomic E-state index is 12.8. The molecule has 1 aromatic rings. The van der Waals surface area contributed by atoms with Gasteiger partial charge >= 0.3 is 0 Å². The summed E-state index contributed by atoms with van der Waals surface area (Å²) >= 11 is 0. The SMILES string of the molecule is CCCN(CCC)C(=O)C(C)(C)C(=O)Nc1ccccc1OC. The molecule has 0 fully saturated rings. The maximum Gasteiger partial charge on any atom is 0.239 e. The van der Waals surface area contributed by atoms with Crippen molar-refractivity contribution in [3.8, 4) is 5.75 Å². The topological polar surface area (TPSA) is 58.6 Å². The van der Waals surface area contributed by atoms with Gasteiger partial charge in [-0.15, -0.1) is 0 Å². The molecule has 23 heavy (non-hydrogen) atoms. The number of anilines is 1. The number of nitrogens with one attached hydrogen (secondary N) is 1. The first-order valence-electron chi connectivity index (χ1n) is 8.12. The van der Waals surface area contributed by atoms with E-state index in [0.29, 0.717) is 24.5 Å². The average Bonchev–Trinajstić information content (AvgIpc) is 2.54. The number of amides is 2. The summed E-state index contributed by atoms with van der Waals surface area (Å²) in [4.78, 5) is 27.2. The zero-order valence-corrected chi connectivity index (χ0v) is 14.8. The van der Waals surface area contributed by atoms with Crippen molar-refractivity contribution in [3.05, 3.63) is 24.3 Å². The van der Waals surface area contributed by atoms with E-state index in [1.54, 1.807) is 38.0 Å². The first-order chi connectivity index (χ1) is 10.9. The van der Waals surface area contributed by atoms with Crippen LogP contribution in [0.3, 0.4) is 0 Å². The Hall–Kier alpha value is -2.04. The van der Waals surface area contributed by atoms with Crippen LogP contribution in [0.15, 0.2) is 24.3 Å². The van der Waals surface area contributed by atoms with Crippen molar-refractivity contribution in [1.29, 1.82) is 0 Å². The van der Waals surface area contributed by atoms with Crippen LogP contribution in [0.2, 0.25) is 0 Å². The summed E-state index contributed by atoms with van der Waals surface area (Å²) in [6.07, 6.45) is 1.74. The Labute approximate surface area is 139 Å². The van der Waals surface area contributed by atoms with Crippen molar-refractivity contribution >= 4 is 17.5 Å². The molecule has 0 aliphatic carbocycles.